The smallest absolute Gasteiger partial charge is 0.205 e. The summed E-state index contributed by atoms with van der Waals surface area (Å²) in [6.07, 6.45) is 1.70. The second kappa shape index (κ2) is 4.03. The van der Waals surface area contributed by atoms with E-state index in [0.717, 1.165) is 18.4 Å². The fourth-order valence-electron chi connectivity index (χ4n) is 1.70. The molecule has 0 spiro atoms. The average Bonchev–Trinajstić information content (AvgIpc) is 2.67. The molecule has 0 radical (unpaired) electrons. The molecule has 1 aromatic rings. The van der Waals surface area contributed by atoms with E-state index >= 15 is 0 Å². The first kappa shape index (κ1) is 11.3. The lowest BCUT2D eigenvalue weighted by Gasteiger charge is -2.12. The number of halogens is 1. The molecule has 0 amide bonds. The first-order valence-corrected chi connectivity index (χ1v) is 7.18. The molecule has 0 aromatic carbocycles. The van der Waals surface area contributed by atoms with E-state index in [0.29, 0.717) is 4.34 Å². The minimum absolute atomic E-state index is 0.138. The van der Waals surface area contributed by atoms with Gasteiger partial charge in [-0.15, -0.1) is 11.3 Å². The number of hydrogen-bond donors (Lipinski definition) is 2. The molecular formula is C8H11ClN2O2S2. The molecule has 1 unspecified atom stereocenters. The first-order valence-electron chi connectivity index (χ1n) is 4.51. The van der Waals surface area contributed by atoms with Gasteiger partial charge in [-0.3, -0.25) is 0 Å². The Hall–Kier alpha value is -0.140. The van der Waals surface area contributed by atoms with Gasteiger partial charge in [0.25, 0.3) is 10.2 Å². The van der Waals surface area contributed by atoms with Crippen LogP contribution >= 0.6 is 22.9 Å². The third-order valence-electron chi connectivity index (χ3n) is 2.41. The predicted octanol–water partition coefficient (Wildman–Crippen LogP) is 1.44. The Kier molecular flexibility index (Phi) is 3.05. The van der Waals surface area contributed by atoms with Gasteiger partial charge in [0.05, 0.1) is 4.34 Å². The van der Waals surface area contributed by atoms with Gasteiger partial charge in [0, 0.05) is 18.0 Å². The van der Waals surface area contributed by atoms with Crippen molar-refractivity contribution in [1.82, 2.24) is 9.44 Å². The molecule has 2 rings (SSSR count). The molecule has 0 saturated heterocycles. The minimum atomic E-state index is -3.37. The minimum Gasteiger partial charge on any atom is -0.205 e. The molecule has 0 aliphatic heterocycles. The van der Waals surface area contributed by atoms with Crippen LogP contribution in [0, 0.1) is 0 Å². The van der Waals surface area contributed by atoms with Gasteiger partial charge in [-0.25, -0.2) is 4.72 Å². The number of fused-ring (bicyclic) bond motifs is 1. The van der Waals surface area contributed by atoms with Crippen LogP contribution in [0.1, 0.15) is 22.9 Å². The van der Waals surface area contributed by atoms with Gasteiger partial charge in [0.1, 0.15) is 0 Å². The Balaban J connectivity index is 2.21. The van der Waals surface area contributed by atoms with Crippen LogP contribution in [0.4, 0.5) is 0 Å². The van der Waals surface area contributed by atoms with Crippen molar-refractivity contribution in [2.75, 3.05) is 7.05 Å². The van der Waals surface area contributed by atoms with E-state index in [1.54, 1.807) is 0 Å². The summed E-state index contributed by atoms with van der Waals surface area (Å²) in [6, 6.07) is 1.71. The summed E-state index contributed by atoms with van der Waals surface area (Å²) in [5.74, 6) is 0. The van der Waals surface area contributed by atoms with Gasteiger partial charge in [0.15, 0.2) is 0 Å². The zero-order valence-electron chi connectivity index (χ0n) is 8.08. The predicted molar refractivity (Wildman–Crippen MR) is 61.5 cm³/mol. The van der Waals surface area contributed by atoms with Gasteiger partial charge in [-0.05, 0) is 24.5 Å². The van der Waals surface area contributed by atoms with Crippen molar-refractivity contribution in [3.8, 4) is 0 Å². The van der Waals surface area contributed by atoms with E-state index in [9.17, 15) is 8.42 Å². The number of aryl methyl sites for hydroxylation is 1. The number of thiophene rings is 1. The highest BCUT2D eigenvalue weighted by Crippen LogP contribution is 2.39. The molecule has 0 fully saturated rings. The average molecular weight is 267 g/mol. The van der Waals surface area contributed by atoms with Gasteiger partial charge >= 0.3 is 0 Å². The molecule has 0 saturated carbocycles. The standard InChI is InChI=1S/C8H11ClN2O2S2/c1-10-15(12,13)11-6-2-3-7-5(6)4-8(9)14-7/h4,6,10-11H,2-3H2,1H3. The van der Waals surface area contributed by atoms with Gasteiger partial charge in [0.2, 0.25) is 0 Å². The third-order valence-corrected chi connectivity index (χ3v) is 4.89. The molecule has 1 heterocycles. The van der Waals surface area contributed by atoms with Crippen LogP contribution in [0.25, 0.3) is 0 Å². The highest BCUT2D eigenvalue weighted by Gasteiger charge is 2.27. The Labute approximate surface area is 97.8 Å². The lowest BCUT2D eigenvalue weighted by Crippen LogP contribution is -2.35. The summed E-state index contributed by atoms with van der Waals surface area (Å²) < 4.78 is 28.2. The number of hydrogen-bond acceptors (Lipinski definition) is 3. The van der Waals surface area contributed by atoms with Crippen molar-refractivity contribution in [3.63, 3.8) is 0 Å². The molecule has 84 valence electrons. The van der Waals surface area contributed by atoms with Crippen molar-refractivity contribution in [1.29, 1.82) is 0 Å². The van der Waals surface area contributed by atoms with Crippen molar-refractivity contribution in [2.24, 2.45) is 0 Å². The molecule has 1 aromatic heterocycles. The summed E-state index contributed by atoms with van der Waals surface area (Å²) >= 11 is 7.40. The Morgan fingerprint density at radius 3 is 3.00 bits per heavy atom. The zero-order chi connectivity index (χ0) is 11.1. The van der Waals surface area contributed by atoms with Gasteiger partial charge < -0.3 is 0 Å². The van der Waals surface area contributed by atoms with E-state index in [4.69, 9.17) is 11.6 Å². The summed E-state index contributed by atoms with van der Waals surface area (Å²) in [4.78, 5) is 1.18. The number of rotatable bonds is 3. The monoisotopic (exact) mass is 266 g/mol. The second-order valence-corrected chi connectivity index (χ2v) is 6.76. The van der Waals surface area contributed by atoms with Crippen LogP contribution in [-0.4, -0.2) is 15.5 Å². The van der Waals surface area contributed by atoms with Crippen molar-refractivity contribution < 1.29 is 8.42 Å². The second-order valence-electron chi connectivity index (χ2n) is 3.35. The van der Waals surface area contributed by atoms with E-state index in [-0.39, 0.29) is 6.04 Å². The van der Waals surface area contributed by atoms with Gasteiger partial charge in [-0.2, -0.15) is 13.1 Å². The van der Waals surface area contributed by atoms with Crippen LogP contribution in [-0.2, 0) is 16.6 Å². The van der Waals surface area contributed by atoms with Crippen LogP contribution in [0.5, 0.6) is 0 Å². The number of nitrogens with one attached hydrogen (secondary N) is 2. The molecule has 1 atom stereocenters. The van der Waals surface area contributed by atoms with E-state index in [1.807, 2.05) is 6.07 Å². The maximum absolute atomic E-state index is 11.3. The van der Waals surface area contributed by atoms with E-state index < -0.39 is 10.2 Å². The maximum Gasteiger partial charge on any atom is 0.277 e. The Morgan fingerprint density at radius 2 is 2.33 bits per heavy atom. The maximum atomic E-state index is 11.3. The molecule has 2 N–H and O–H groups in total. The van der Waals surface area contributed by atoms with Crippen LogP contribution in [0.15, 0.2) is 6.07 Å². The fraction of sp³-hybridized carbons (Fsp3) is 0.500. The highest BCUT2D eigenvalue weighted by molar-refractivity contribution is 7.87. The molecule has 1 aliphatic rings. The van der Waals surface area contributed by atoms with E-state index in [1.165, 1.54) is 23.3 Å². The lowest BCUT2D eigenvalue weighted by atomic mass is 10.2. The van der Waals surface area contributed by atoms with Crippen molar-refractivity contribution in [3.05, 3.63) is 20.8 Å². The molecule has 7 heteroatoms. The topological polar surface area (TPSA) is 58.2 Å². The van der Waals surface area contributed by atoms with E-state index in [2.05, 4.69) is 9.44 Å². The first-order chi connectivity index (χ1) is 7.02. The Bertz CT molecular complexity index is 469. The summed E-state index contributed by atoms with van der Waals surface area (Å²) in [7, 11) is -1.99. The third kappa shape index (κ3) is 2.34. The van der Waals surface area contributed by atoms with Crippen LogP contribution in [0.2, 0.25) is 4.34 Å². The molecule has 1 aliphatic carbocycles. The van der Waals surface area contributed by atoms with Crippen molar-refractivity contribution in [2.45, 2.75) is 18.9 Å². The Morgan fingerprint density at radius 1 is 1.60 bits per heavy atom. The molecule has 0 bridgehead atoms. The quantitative estimate of drug-likeness (QED) is 0.870. The van der Waals surface area contributed by atoms with Crippen molar-refractivity contribution >= 4 is 33.1 Å². The SMILES string of the molecule is CNS(=O)(=O)NC1CCc2sc(Cl)cc21. The molecular weight excluding hydrogens is 256 g/mol. The van der Waals surface area contributed by atoms with Gasteiger partial charge in [-0.1, -0.05) is 11.6 Å². The lowest BCUT2D eigenvalue weighted by molar-refractivity contribution is 0.547. The summed E-state index contributed by atoms with van der Waals surface area (Å²) in [5, 5.41) is 0. The normalized spacial score (nSPS) is 20.5. The van der Waals surface area contributed by atoms with Crippen LogP contribution < -0.4 is 9.44 Å². The zero-order valence-corrected chi connectivity index (χ0v) is 10.5. The molecule has 4 nitrogen and oxygen atoms in total. The van der Waals surface area contributed by atoms with Crippen LogP contribution in [0.3, 0.4) is 0 Å². The molecule has 15 heavy (non-hydrogen) atoms. The summed E-state index contributed by atoms with van der Waals surface area (Å²) in [6.45, 7) is 0. The fourth-order valence-corrected chi connectivity index (χ4v) is 3.79. The largest absolute Gasteiger partial charge is 0.277 e. The summed E-state index contributed by atoms with van der Waals surface area (Å²) in [5.41, 5.74) is 1.02. The highest BCUT2D eigenvalue weighted by atomic mass is 35.5.